The van der Waals surface area contributed by atoms with E-state index in [0.717, 1.165) is 0 Å². The van der Waals surface area contributed by atoms with Crippen molar-refractivity contribution in [2.45, 2.75) is 19.3 Å². The molecule has 86 valence electrons. The second-order valence-electron chi connectivity index (χ2n) is 2.84. The Morgan fingerprint density at radius 2 is 1.20 bits per heavy atom. The van der Waals surface area contributed by atoms with Gasteiger partial charge in [-0.1, -0.05) is 25.2 Å². The van der Waals surface area contributed by atoms with E-state index in [1.54, 1.807) is 18.2 Å². The molecule has 0 aliphatic carbocycles. The van der Waals surface area contributed by atoms with Crippen LogP contribution in [0.1, 0.15) is 13.3 Å². The number of hydrogen-bond donors (Lipinski definition) is 0. The summed E-state index contributed by atoms with van der Waals surface area (Å²) < 4.78 is 16.4. The standard InChI is InChI=1S/C12H20O3/c1-5-9-13-12(8-4,14-10-6-2)15-11-7-3/h5-7H,1-3,8-11H2,4H3. The molecule has 0 atom stereocenters. The Balaban J connectivity index is 4.34. The summed E-state index contributed by atoms with van der Waals surface area (Å²) in [7, 11) is 0. The van der Waals surface area contributed by atoms with Crippen LogP contribution in [0.5, 0.6) is 0 Å². The van der Waals surface area contributed by atoms with Crippen molar-refractivity contribution in [1.29, 1.82) is 0 Å². The Morgan fingerprint density at radius 3 is 1.40 bits per heavy atom. The van der Waals surface area contributed by atoms with E-state index < -0.39 is 5.97 Å². The van der Waals surface area contributed by atoms with Gasteiger partial charge >= 0.3 is 0 Å². The largest absolute Gasteiger partial charge is 0.323 e. The molecular formula is C12H20O3. The summed E-state index contributed by atoms with van der Waals surface area (Å²) in [6, 6.07) is 0. The number of rotatable bonds is 10. The lowest BCUT2D eigenvalue weighted by molar-refractivity contribution is -0.371. The molecule has 0 fully saturated rings. The third kappa shape index (κ3) is 5.52. The lowest BCUT2D eigenvalue weighted by atomic mass is 10.4. The highest BCUT2D eigenvalue weighted by atomic mass is 16.9. The zero-order chi connectivity index (χ0) is 11.6. The van der Waals surface area contributed by atoms with Crippen LogP contribution in [0.3, 0.4) is 0 Å². The highest BCUT2D eigenvalue weighted by Gasteiger charge is 2.30. The lowest BCUT2D eigenvalue weighted by Crippen LogP contribution is -2.39. The Bertz CT molecular complexity index is 168. The topological polar surface area (TPSA) is 27.7 Å². The van der Waals surface area contributed by atoms with Crippen LogP contribution in [0, 0.1) is 0 Å². The van der Waals surface area contributed by atoms with Crippen molar-refractivity contribution in [3.8, 4) is 0 Å². The van der Waals surface area contributed by atoms with Gasteiger partial charge < -0.3 is 14.2 Å². The molecular weight excluding hydrogens is 192 g/mol. The van der Waals surface area contributed by atoms with Crippen molar-refractivity contribution in [3.05, 3.63) is 38.0 Å². The van der Waals surface area contributed by atoms with Gasteiger partial charge in [0, 0.05) is 6.42 Å². The van der Waals surface area contributed by atoms with E-state index in [4.69, 9.17) is 14.2 Å². The predicted molar refractivity (Wildman–Crippen MR) is 61.5 cm³/mol. The number of hydrogen-bond acceptors (Lipinski definition) is 3. The maximum atomic E-state index is 5.47. The minimum absolute atomic E-state index is 0.377. The van der Waals surface area contributed by atoms with E-state index in [-0.39, 0.29) is 0 Å². The second-order valence-corrected chi connectivity index (χ2v) is 2.84. The van der Waals surface area contributed by atoms with Gasteiger partial charge in [-0.05, 0) is 0 Å². The van der Waals surface area contributed by atoms with Gasteiger partial charge in [0.2, 0.25) is 0 Å². The smallest absolute Gasteiger partial charge is 0.283 e. The van der Waals surface area contributed by atoms with E-state index in [2.05, 4.69) is 19.7 Å². The van der Waals surface area contributed by atoms with Crippen molar-refractivity contribution in [2.24, 2.45) is 0 Å². The van der Waals surface area contributed by atoms with Crippen molar-refractivity contribution in [3.63, 3.8) is 0 Å². The van der Waals surface area contributed by atoms with Crippen molar-refractivity contribution in [1.82, 2.24) is 0 Å². The van der Waals surface area contributed by atoms with Gasteiger partial charge in [-0.25, -0.2) is 0 Å². The molecule has 0 aromatic heterocycles. The highest BCUT2D eigenvalue weighted by Crippen LogP contribution is 2.20. The van der Waals surface area contributed by atoms with E-state index in [1.807, 2.05) is 6.92 Å². The van der Waals surface area contributed by atoms with Crippen LogP contribution in [0.2, 0.25) is 0 Å². The first-order valence-electron chi connectivity index (χ1n) is 4.99. The Hall–Kier alpha value is -0.900. The van der Waals surface area contributed by atoms with E-state index >= 15 is 0 Å². The fraction of sp³-hybridized carbons (Fsp3) is 0.500. The Labute approximate surface area is 92.0 Å². The fourth-order valence-corrected chi connectivity index (χ4v) is 0.989. The highest BCUT2D eigenvalue weighted by molar-refractivity contribution is 4.72. The minimum atomic E-state index is -1.02. The van der Waals surface area contributed by atoms with Crippen LogP contribution in [-0.4, -0.2) is 25.8 Å². The fourth-order valence-electron chi connectivity index (χ4n) is 0.989. The molecule has 0 N–H and O–H groups in total. The van der Waals surface area contributed by atoms with Gasteiger partial charge in [-0.2, -0.15) is 0 Å². The molecule has 0 aliphatic rings. The van der Waals surface area contributed by atoms with Crippen LogP contribution in [-0.2, 0) is 14.2 Å². The molecule has 0 aromatic carbocycles. The summed E-state index contributed by atoms with van der Waals surface area (Å²) >= 11 is 0. The monoisotopic (exact) mass is 212 g/mol. The Kier molecular flexibility index (Phi) is 7.91. The molecule has 15 heavy (non-hydrogen) atoms. The van der Waals surface area contributed by atoms with Crippen LogP contribution < -0.4 is 0 Å². The van der Waals surface area contributed by atoms with Gasteiger partial charge in [0.1, 0.15) is 0 Å². The van der Waals surface area contributed by atoms with Crippen LogP contribution >= 0.6 is 0 Å². The number of ether oxygens (including phenoxy) is 3. The quantitative estimate of drug-likeness (QED) is 0.411. The first-order chi connectivity index (χ1) is 7.24. The lowest BCUT2D eigenvalue weighted by Gasteiger charge is -2.31. The maximum Gasteiger partial charge on any atom is 0.283 e. The average molecular weight is 212 g/mol. The molecule has 0 aromatic rings. The van der Waals surface area contributed by atoms with Gasteiger partial charge in [0.15, 0.2) is 0 Å². The van der Waals surface area contributed by atoms with Crippen molar-refractivity contribution < 1.29 is 14.2 Å². The molecule has 0 saturated carbocycles. The van der Waals surface area contributed by atoms with E-state index in [1.165, 1.54) is 0 Å². The van der Waals surface area contributed by atoms with Crippen molar-refractivity contribution >= 4 is 0 Å². The molecule has 0 radical (unpaired) electrons. The molecule has 0 aliphatic heterocycles. The third-order valence-electron chi connectivity index (χ3n) is 1.70. The molecule has 0 spiro atoms. The SMILES string of the molecule is C=CCOC(CC)(OCC=C)OCC=C. The summed E-state index contributed by atoms with van der Waals surface area (Å²) in [6.45, 7) is 13.8. The summed E-state index contributed by atoms with van der Waals surface area (Å²) in [5.74, 6) is -1.02. The third-order valence-corrected chi connectivity index (χ3v) is 1.70. The van der Waals surface area contributed by atoms with Crippen molar-refractivity contribution in [2.75, 3.05) is 19.8 Å². The van der Waals surface area contributed by atoms with E-state index in [0.29, 0.717) is 26.2 Å². The minimum Gasteiger partial charge on any atom is -0.323 e. The zero-order valence-electron chi connectivity index (χ0n) is 9.41. The first-order valence-corrected chi connectivity index (χ1v) is 4.99. The summed E-state index contributed by atoms with van der Waals surface area (Å²) in [5, 5.41) is 0. The van der Waals surface area contributed by atoms with Crippen LogP contribution in [0.15, 0.2) is 38.0 Å². The molecule has 0 rings (SSSR count). The van der Waals surface area contributed by atoms with Crippen LogP contribution in [0.4, 0.5) is 0 Å². The molecule has 0 unspecified atom stereocenters. The molecule has 3 nitrogen and oxygen atoms in total. The molecule has 0 heterocycles. The van der Waals surface area contributed by atoms with Gasteiger partial charge in [0.25, 0.3) is 5.97 Å². The average Bonchev–Trinajstić information content (AvgIpc) is 2.29. The molecule has 0 bridgehead atoms. The summed E-state index contributed by atoms with van der Waals surface area (Å²) in [5.41, 5.74) is 0. The Morgan fingerprint density at radius 1 is 0.867 bits per heavy atom. The van der Waals surface area contributed by atoms with E-state index in [9.17, 15) is 0 Å². The van der Waals surface area contributed by atoms with Gasteiger partial charge in [-0.15, -0.1) is 19.7 Å². The summed E-state index contributed by atoms with van der Waals surface area (Å²) in [4.78, 5) is 0. The molecule has 3 heteroatoms. The van der Waals surface area contributed by atoms with Gasteiger partial charge in [-0.3, -0.25) is 0 Å². The predicted octanol–water partition coefficient (Wildman–Crippen LogP) is 2.66. The zero-order valence-corrected chi connectivity index (χ0v) is 9.41. The first kappa shape index (κ1) is 14.1. The summed E-state index contributed by atoms with van der Waals surface area (Å²) in [6.07, 6.45) is 5.54. The maximum absolute atomic E-state index is 5.47. The molecule has 0 amide bonds. The normalized spacial score (nSPS) is 11.0. The van der Waals surface area contributed by atoms with Gasteiger partial charge in [0.05, 0.1) is 19.8 Å². The second kappa shape index (κ2) is 8.41. The molecule has 0 saturated heterocycles. The van der Waals surface area contributed by atoms with Crippen LogP contribution in [0.25, 0.3) is 0 Å².